The van der Waals surface area contributed by atoms with E-state index in [2.05, 4.69) is 206 Å². The fourth-order valence-corrected chi connectivity index (χ4v) is 12.0. The van der Waals surface area contributed by atoms with Crippen LogP contribution < -0.4 is 0 Å². The van der Waals surface area contributed by atoms with Gasteiger partial charge in [0.2, 0.25) is 0 Å². The highest BCUT2D eigenvalue weighted by Gasteiger charge is 2.51. The fraction of sp³-hybridized carbons (Fsp3) is 0.0508. The number of aromatic nitrogens is 2. The average molecular weight is 807 g/mol. The Balaban J connectivity index is 1.09. The van der Waals surface area contributed by atoms with Crippen molar-refractivity contribution in [3.63, 3.8) is 0 Å². The monoisotopic (exact) mass is 806 g/mol. The molecular formula is C59H38N2S. The van der Waals surface area contributed by atoms with E-state index in [0.29, 0.717) is 0 Å². The van der Waals surface area contributed by atoms with E-state index < -0.39 is 5.41 Å². The third-order valence-electron chi connectivity index (χ3n) is 13.4. The van der Waals surface area contributed by atoms with Gasteiger partial charge in [-0.15, -0.1) is 0 Å². The minimum atomic E-state index is -0.561. The summed E-state index contributed by atoms with van der Waals surface area (Å²) in [7, 11) is 0. The first-order valence-electron chi connectivity index (χ1n) is 21.5. The molecule has 0 N–H and O–H groups in total. The van der Waals surface area contributed by atoms with E-state index in [-0.39, 0.29) is 0 Å². The van der Waals surface area contributed by atoms with Crippen LogP contribution in [0.2, 0.25) is 0 Å². The van der Waals surface area contributed by atoms with Gasteiger partial charge in [-0.05, 0) is 120 Å². The van der Waals surface area contributed by atoms with Gasteiger partial charge in [0.25, 0.3) is 0 Å². The molecule has 9 aromatic carbocycles. The molecule has 0 bridgehead atoms. The maximum absolute atomic E-state index is 5.49. The van der Waals surface area contributed by atoms with E-state index in [1.807, 2.05) is 11.8 Å². The van der Waals surface area contributed by atoms with E-state index in [4.69, 9.17) is 9.97 Å². The van der Waals surface area contributed by atoms with Crippen molar-refractivity contribution >= 4 is 39.4 Å². The Morgan fingerprint density at radius 3 is 1.92 bits per heavy atom. The van der Waals surface area contributed by atoms with Gasteiger partial charge in [0.1, 0.15) is 0 Å². The van der Waals surface area contributed by atoms with Gasteiger partial charge in [-0.25, -0.2) is 9.97 Å². The molecule has 0 saturated heterocycles. The highest BCUT2D eigenvalue weighted by atomic mass is 32.2. The number of rotatable bonds is 4. The second-order valence-electron chi connectivity index (χ2n) is 16.7. The first-order chi connectivity index (χ1) is 30.7. The maximum Gasteiger partial charge on any atom is 0.161 e. The van der Waals surface area contributed by atoms with Crippen LogP contribution in [0.25, 0.3) is 83.8 Å². The molecule has 0 radical (unpaired) electrons. The van der Waals surface area contributed by atoms with Crippen LogP contribution in [0.5, 0.6) is 0 Å². The Morgan fingerprint density at radius 2 is 1.06 bits per heavy atom. The summed E-state index contributed by atoms with van der Waals surface area (Å²) >= 11 is 1.85. The zero-order valence-corrected chi connectivity index (χ0v) is 34.7. The lowest BCUT2D eigenvalue weighted by atomic mass is 9.66. The molecule has 1 atom stereocenters. The third-order valence-corrected chi connectivity index (χ3v) is 14.6. The molecule has 2 nitrogen and oxygen atoms in total. The first kappa shape index (κ1) is 35.4. The summed E-state index contributed by atoms with van der Waals surface area (Å²) in [6.45, 7) is 0. The van der Waals surface area contributed by atoms with Crippen LogP contribution in [0.15, 0.2) is 210 Å². The Bertz CT molecular complexity index is 3500. The molecule has 1 spiro atoms. The summed E-state index contributed by atoms with van der Waals surface area (Å²) in [5.41, 5.74) is 17.4. The van der Waals surface area contributed by atoms with E-state index in [9.17, 15) is 0 Å². The van der Waals surface area contributed by atoms with Gasteiger partial charge in [-0.3, -0.25) is 0 Å². The topological polar surface area (TPSA) is 25.8 Å². The molecule has 2 heterocycles. The second kappa shape index (κ2) is 13.9. The third kappa shape index (κ3) is 5.19. The van der Waals surface area contributed by atoms with Crippen molar-refractivity contribution in [3.8, 4) is 56.2 Å². The Labute approximate surface area is 365 Å². The molecule has 3 aliphatic rings. The van der Waals surface area contributed by atoms with Gasteiger partial charge in [0.15, 0.2) is 5.82 Å². The molecule has 290 valence electrons. The number of benzene rings is 9. The molecule has 0 saturated carbocycles. The second-order valence-corrected chi connectivity index (χ2v) is 17.7. The van der Waals surface area contributed by atoms with Crippen LogP contribution in [0.3, 0.4) is 0 Å². The van der Waals surface area contributed by atoms with E-state index in [0.717, 1.165) is 52.3 Å². The maximum atomic E-state index is 5.49. The van der Waals surface area contributed by atoms with Crippen molar-refractivity contribution in [2.45, 2.75) is 28.0 Å². The quantitative estimate of drug-likeness (QED) is 0.166. The smallest absolute Gasteiger partial charge is 0.161 e. The summed E-state index contributed by atoms with van der Waals surface area (Å²) in [5, 5.41) is 5.36. The Kier molecular flexibility index (Phi) is 7.92. The standard InChI is InChI=1S/C59H38N2S/c1-3-17-37(18-4-1)39-21-15-22-40(33-39)55-36-54(38-19-5-2-6-20-38)60-58(61-55)46-28-16-31-52-57(46)62-56-32-14-13-30-51(56)59(52)50-29-12-11-27-45(50)49-34-47-43-25-9-7-23-41(43)42-24-8-10-26-44(42)48(47)35-53(49)59/h1-7,9-23,25-36H,8,24H2. The molecule has 2 aliphatic carbocycles. The minimum Gasteiger partial charge on any atom is -0.228 e. The van der Waals surface area contributed by atoms with Crippen LogP contribution in [0.4, 0.5) is 0 Å². The van der Waals surface area contributed by atoms with Crippen molar-refractivity contribution in [1.29, 1.82) is 0 Å². The molecule has 10 aromatic rings. The summed E-state index contributed by atoms with van der Waals surface area (Å²) in [6.07, 6.45) is 6.86. The van der Waals surface area contributed by atoms with E-state index in [1.54, 1.807) is 0 Å². The van der Waals surface area contributed by atoms with Gasteiger partial charge >= 0.3 is 0 Å². The molecule has 62 heavy (non-hydrogen) atoms. The number of nitrogens with zero attached hydrogens (tertiary/aromatic N) is 2. The van der Waals surface area contributed by atoms with E-state index in [1.165, 1.54) is 81.4 Å². The molecule has 1 aliphatic heterocycles. The number of fused-ring (bicyclic) bond motifs is 15. The van der Waals surface area contributed by atoms with Gasteiger partial charge in [0.05, 0.1) is 16.8 Å². The predicted octanol–water partition coefficient (Wildman–Crippen LogP) is 15.2. The normalized spacial score (nSPS) is 15.5. The molecule has 13 rings (SSSR count). The summed E-state index contributed by atoms with van der Waals surface area (Å²) in [4.78, 5) is 13.4. The Morgan fingerprint density at radius 1 is 0.419 bits per heavy atom. The highest BCUT2D eigenvalue weighted by molar-refractivity contribution is 7.99. The minimum absolute atomic E-state index is 0.561. The van der Waals surface area contributed by atoms with Crippen LogP contribution >= 0.6 is 11.8 Å². The van der Waals surface area contributed by atoms with Crippen molar-refractivity contribution in [1.82, 2.24) is 9.97 Å². The number of aryl methyl sites for hydroxylation is 1. The number of hydrogen-bond acceptors (Lipinski definition) is 3. The molecule has 1 aromatic heterocycles. The van der Waals surface area contributed by atoms with Crippen LogP contribution in [-0.2, 0) is 11.8 Å². The van der Waals surface area contributed by atoms with Gasteiger partial charge in [-0.2, -0.15) is 0 Å². The molecule has 0 amide bonds. The van der Waals surface area contributed by atoms with Crippen LogP contribution in [-0.4, -0.2) is 9.97 Å². The SMILES string of the molecule is C1=Cc2c(c3ccccc3c3cc4c(cc23)C2(c3ccccc3Sc3c(-c5nc(-c6ccccc6)cc(-c6cccc(-c7ccccc7)c6)n5)cccc32)c2ccccc2-4)CC1. The van der Waals surface area contributed by atoms with E-state index >= 15 is 0 Å². The lowest BCUT2D eigenvalue weighted by molar-refractivity contribution is 0.723. The zero-order chi connectivity index (χ0) is 40.8. The molecular weight excluding hydrogens is 769 g/mol. The van der Waals surface area contributed by atoms with Gasteiger partial charge < -0.3 is 0 Å². The number of hydrogen-bond donors (Lipinski definition) is 0. The van der Waals surface area contributed by atoms with Crippen molar-refractivity contribution in [2.75, 3.05) is 0 Å². The van der Waals surface area contributed by atoms with Crippen molar-refractivity contribution in [3.05, 3.63) is 234 Å². The van der Waals surface area contributed by atoms with Crippen molar-refractivity contribution in [2.24, 2.45) is 0 Å². The summed E-state index contributed by atoms with van der Waals surface area (Å²) < 4.78 is 0. The van der Waals surface area contributed by atoms with Crippen LogP contribution in [0.1, 0.15) is 39.8 Å². The lowest BCUT2D eigenvalue weighted by Crippen LogP contribution is -2.32. The zero-order valence-electron chi connectivity index (χ0n) is 33.8. The predicted molar refractivity (Wildman–Crippen MR) is 258 cm³/mol. The van der Waals surface area contributed by atoms with Crippen molar-refractivity contribution < 1.29 is 0 Å². The van der Waals surface area contributed by atoms with Crippen LogP contribution in [0, 0.1) is 0 Å². The summed E-state index contributed by atoms with van der Waals surface area (Å²) in [5.74, 6) is 0.723. The lowest BCUT2D eigenvalue weighted by Gasteiger charge is -2.40. The Hall–Kier alpha value is -7.33. The summed E-state index contributed by atoms with van der Waals surface area (Å²) in [6, 6.07) is 71.2. The fourth-order valence-electron chi connectivity index (χ4n) is 10.7. The first-order valence-corrected chi connectivity index (χ1v) is 22.4. The van der Waals surface area contributed by atoms with Gasteiger partial charge in [0, 0.05) is 26.5 Å². The average Bonchev–Trinajstić information content (AvgIpc) is 3.63. The molecule has 3 heteroatoms. The highest BCUT2D eigenvalue weighted by Crippen LogP contribution is 2.64. The molecule has 0 fully saturated rings. The van der Waals surface area contributed by atoms with Gasteiger partial charge in [-0.1, -0.05) is 188 Å². The molecule has 1 unspecified atom stereocenters. The largest absolute Gasteiger partial charge is 0.228 e. The number of allylic oxidation sites excluding steroid dienone is 1.